The van der Waals surface area contributed by atoms with E-state index in [-0.39, 0.29) is 12.0 Å². The van der Waals surface area contributed by atoms with Gasteiger partial charge in [-0.25, -0.2) is 9.97 Å². The van der Waals surface area contributed by atoms with E-state index in [1.54, 1.807) is 0 Å². The van der Waals surface area contributed by atoms with Gasteiger partial charge in [0.1, 0.15) is 0 Å². The lowest BCUT2D eigenvalue weighted by molar-refractivity contribution is 0.726. The van der Waals surface area contributed by atoms with Crippen molar-refractivity contribution in [2.45, 2.75) is 12.0 Å². The molecule has 0 bridgehead atoms. The molecular formula is C42H34N4. The average Bonchev–Trinajstić information content (AvgIpc) is 3.11. The van der Waals surface area contributed by atoms with Gasteiger partial charge in [-0.15, -0.1) is 0 Å². The zero-order valence-corrected chi connectivity index (χ0v) is 25.5. The topological polar surface area (TPSA) is 49.8 Å². The molecule has 222 valence electrons. The molecule has 2 unspecified atom stereocenters. The van der Waals surface area contributed by atoms with Gasteiger partial charge in [0.25, 0.3) is 0 Å². The second-order valence-corrected chi connectivity index (χ2v) is 11.4. The van der Waals surface area contributed by atoms with Crippen LogP contribution in [0.15, 0.2) is 170 Å². The van der Waals surface area contributed by atoms with Crippen LogP contribution in [0.25, 0.3) is 33.8 Å². The summed E-state index contributed by atoms with van der Waals surface area (Å²) in [4.78, 5) is 9.99. The number of fused-ring (bicyclic) bond motifs is 2. The van der Waals surface area contributed by atoms with E-state index in [1.165, 1.54) is 11.1 Å². The van der Waals surface area contributed by atoms with Gasteiger partial charge in [-0.05, 0) is 46.5 Å². The van der Waals surface area contributed by atoms with Gasteiger partial charge in [0, 0.05) is 33.8 Å². The Bertz CT molecular complexity index is 2090. The number of rotatable bonds is 9. The third-order valence-corrected chi connectivity index (χ3v) is 8.34. The summed E-state index contributed by atoms with van der Waals surface area (Å²) in [6, 6.07) is 45.2. The molecule has 46 heavy (non-hydrogen) atoms. The highest BCUT2D eigenvalue weighted by Crippen LogP contribution is 2.38. The highest BCUT2D eigenvalue weighted by molar-refractivity contribution is 5.93. The van der Waals surface area contributed by atoms with Crippen LogP contribution in [0.5, 0.6) is 0 Å². The first-order valence-corrected chi connectivity index (χ1v) is 15.5. The zero-order valence-electron chi connectivity index (χ0n) is 25.5. The standard InChI is InChI=1S/C42H34N4/c1-29(34-20-11-13-23-37(34)43-33-18-7-4-8-19-33)25-26-30(2)40-35-21-10-9-15-31(35)27-28-39(40)45-42-44-38-24-14-12-22-36(38)41(46-42)32-16-5-3-6-17-32/h3-28,39-40,43H,1-2H2,(H,44,45,46)/b26-25-. The molecule has 0 spiro atoms. The van der Waals surface area contributed by atoms with Crippen molar-refractivity contribution in [1.29, 1.82) is 0 Å². The summed E-state index contributed by atoms with van der Waals surface area (Å²) in [6.07, 6.45) is 8.52. The van der Waals surface area contributed by atoms with Gasteiger partial charge in [0.2, 0.25) is 5.95 Å². The Labute approximate surface area is 270 Å². The second-order valence-electron chi connectivity index (χ2n) is 11.4. The number of aromatic nitrogens is 2. The van der Waals surface area contributed by atoms with Crippen molar-refractivity contribution in [3.8, 4) is 11.3 Å². The maximum absolute atomic E-state index is 5.05. The van der Waals surface area contributed by atoms with Crippen LogP contribution < -0.4 is 10.6 Å². The Kier molecular flexibility index (Phi) is 8.08. The molecule has 0 amide bonds. The molecule has 0 radical (unpaired) electrons. The Balaban J connectivity index is 1.19. The van der Waals surface area contributed by atoms with Crippen LogP contribution in [0.2, 0.25) is 0 Å². The van der Waals surface area contributed by atoms with E-state index >= 15 is 0 Å². The van der Waals surface area contributed by atoms with Gasteiger partial charge in [0.15, 0.2) is 0 Å². The number of anilines is 3. The maximum Gasteiger partial charge on any atom is 0.224 e. The molecule has 0 saturated heterocycles. The quantitative estimate of drug-likeness (QED) is 0.164. The van der Waals surface area contributed by atoms with Crippen molar-refractivity contribution in [3.63, 3.8) is 0 Å². The predicted molar refractivity (Wildman–Crippen MR) is 194 cm³/mol. The third-order valence-electron chi connectivity index (χ3n) is 8.34. The van der Waals surface area contributed by atoms with E-state index < -0.39 is 0 Å². The monoisotopic (exact) mass is 594 g/mol. The molecule has 6 aromatic rings. The molecule has 1 aliphatic rings. The van der Waals surface area contributed by atoms with Crippen LogP contribution in [-0.4, -0.2) is 16.0 Å². The Morgan fingerprint density at radius 2 is 1.37 bits per heavy atom. The number of hydrogen-bond donors (Lipinski definition) is 2. The lowest BCUT2D eigenvalue weighted by atomic mass is 9.79. The summed E-state index contributed by atoms with van der Waals surface area (Å²) in [5, 5.41) is 8.23. The smallest absolute Gasteiger partial charge is 0.224 e. The molecule has 4 nitrogen and oxygen atoms in total. The molecule has 4 heteroatoms. The normalized spacial score (nSPS) is 15.4. The van der Waals surface area contributed by atoms with Crippen molar-refractivity contribution < 1.29 is 0 Å². The Hall–Kier alpha value is -6.00. The van der Waals surface area contributed by atoms with E-state index in [0.717, 1.165) is 50.2 Å². The van der Waals surface area contributed by atoms with Crippen molar-refractivity contribution in [2.75, 3.05) is 10.6 Å². The fourth-order valence-electron chi connectivity index (χ4n) is 6.08. The molecule has 0 saturated carbocycles. The first kappa shape index (κ1) is 28.8. The van der Waals surface area contributed by atoms with E-state index in [0.29, 0.717) is 5.95 Å². The molecule has 1 aliphatic carbocycles. The van der Waals surface area contributed by atoms with E-state index in [2.05, 4.69) is 115 Å². The van der Waals surface area contributed by atoms with Crippen LogP contribution in [0.3, 0.4) is 0 Å². The summed E-state index contributed by atoms with van der Waals surface area (Å²) in [6.45, 7) is 9.01. The molecule has 5 aromatic carbocycles. The van der Waals surface area contributed by atoms with Gasteiger partial charge < -0.3 is 10.6 Å². The summed E-state index contributed by atoms with van der Waals surface area (Å²) in [7, 11) is 0. The molecule has 1 heterocycles. The van der Waals surface area contributed by atoms with Crippen LogP contribution in [0.4, 0.5) is 17.3 Å². The number of allylic oxidation sites excluding steroid dienone is 3. The van der Waals surface area contributed by atoms with E-state index in [9.17, 15) is 0 Å². The summed E-state index contributed by atoms with van der Waals surface area (Å²) in [5.41, 5.74) is 10.2. The minimum atomic E-state index is -0.114. The third kappa shape index (κ3) is 6.01. The van der Waals surface area contributed by atoms with E-state index in [4.69, 9.17) is 9.97 Å². The van der Waals surface area contributed by atoms with Crippen molar-refractivity contribution in [2.24, 2.45) is 0 Å². The zero-order chi connectivity index (χ0) is 31.3. The van der Waals surface area contributed by atoms with Crippen LogP contribution in [-0.2, 0) is 0 Å². The number of para-hydroxylation sites is 3. The van der Waals surface area contributed by atoms with Gasteiger partial charge in [-0.1, -0.05) is 147 Å². The van der Waals surface area contributed by atoms with E-state index in [1.807, 2.05) is 66.7 Å². The van der Waals surface area contributed by atoms with Crippen LogP contribution in [0, 0.1) is 0 Å². The highest BCUT2D eigenvalue weighted by Gasteiger charge is 2.28. The molecule has 1 aromatic heterocycles. The SMILES string of the molecule is C=C(/C=C\C(=C)C1c2ccccc2C=CC1Nc1nc(-c2ccccc2)c2ccccc2n1)c1ccccc1Nc1ccccc1. The van der Waals surface area contributed by atoms with Crippen molar-refractivity contribution >= 4 is 39.9 Å². The molecule has 0 fully saturated rings. The Morgan fingerprint density at radius 1 is 0.674 bits per heavy atom. The summed E-state index contributed by atoms with van der Waals surface area (Å²) < 4.78 is 0. The fourth-order valence-corrected chi connectivity index (χ4v) is 6.08. The van der Waals surface area contributed by atoms with Gasteiger partial charge >= 0.3 is 0 Å². The Morgan fingerprint density at radius 3 is 2.22 bits per heavy atom. The van der Waals surface area contributed by atoms with Crippen molar-refractivity contribution in [1.82, 2.24) is 9.97 Å². The minimum absolute atomic E-state index is 0.0433. The number of benzene rings is 5. The van der Waals surface area contributed by atoms with Gasteiger partial charge in [0.05, 0.1) is 17.3 Å². The highest BCUT2D eigenvalue weighted by atomic mass is 15.1. The number of nitrogens with one attached hydrogen (secondary N) is 2. The predicted octanol–water partition coefficient (Wildman–Crippen LogP) is 10.5. The van der Waals surface area contributed by atoms with Crippen LogP contribution in [0.1, 0.15) is 22.6 Å². The molecule has 0 aliphatic heterocycles. The number of nitrogens with zero attached hydrogens (tertiary/aromatic N) is 2. The second kappa shape index (κ2) is 12.9. The van der Waals surface area contributed by atoms with Gasteiger partial charge in [-0.3, -0.25) is 0 Å². The average molecular weight is 595 g/mol. The lowest BCUT2D eigenvalue weighted by Gasteiger charge is -2.31. The summed E-state index contributed by atoms with van der Waals surface area (Å²) >= 11 is 0. The summed E-state index contributed by atoms with van der Waals surface area (Å²) in [5.74, 6) is 0.539. The largest absolute Gasteiger partial charge is 0.355 e. The molecule has 2 atom stereocenters. The minimum Gasteiger partial charge on any atom is -0.355 e. The molecular weight excluding hydrogens is 560 g/mol. The first-order chi connectivity index (χ1) is 22.6. The first-order valence-electron chi connectivity index (χ1n) is 15.5. The van der Waals surface area contributed by atoms with Gasteiger partial charge in [-0.2, -0.15) is 0 Å². The van der Waals surface area contributed by atoms with Crippen LogP contribution >= 0.6 is 0 Å². The fraction of sp³-hybridized carbons (Fsp3) is 0.0476. The molecule has 7 rings (SSSR count). The van der Waals surface area contributed by atoms with Crippen molar-refractivity contribution in [3.05, 3.63) is 187 Å². The lowest BCUT2D eigenvalue weighted by Crippen LogP contribution is -2.30. The number of hydrogen-bond acceptors (Lipinski definition) is 4. The maximum atomic E-state index is 5.05. The molecule has 2 N–H and O–H groups in total.